The summed E-state index contributed by atoms with van der Waals surface area (Å²) in [5.74, 6) is 0.625. The molecule has 2 rings (SSSR count). The van der Waals surface area contributed by atoms with Gasteiger partial charge in [-0.1, -0.05) is 23.7 Å². The third-order valence-electron chi connectivity index (χ3n) is 3.29. The summed E-state index contributed by atoms with van der Waals surface area (Å²) in [6.07, 6.45) is 2.58. The Labute approximate surface area is 102 Å². The van der Waals surface area contributed by atoms with Crippen LogP contribution >= 0.6 is 11.6 Å². The zero-order valence-corrected chi connectivity index (χ0v) is 10.5. The van der Waals surface area contributed by atoms with E-state index in [4.69, 9.17) is 22.1 Å². The number of hydrogen-bond donors (Lipinski definition) is 1. The quantitative estimate of drug-likeness (QED) is 0.877. The molecule has 0 spiro atoms. The molecule has 1 aromatic rings. The maximum Gasteiger partial charge on any atom is 0.0791 e. The fourth-order valence-corrected chi connectivity index (χ4v) is 2.25. The summed E-state index contributed by atoms with van der Waals surface area (Å²) in [7, 11) is 1.73. The van der Waals surface area contributed by atoms with Crippen LogP contribution in [0, 0.1) is 12.8 Å². The monoisotopic (exact) mass is 239 g/mol. The molecule has 1 saturated carbocycles. The lowest BCUT2D eigenvalue weighted by atomic mass is 9.98. The fourth-order valence-electron chi connectivity index (χ4n) is 2.06. The lowest BCUT2D eigenvalue weighted by Gasteiger charge is -2.23. The summed E-state index contributed by atoms with van der Waals surface area (Å²) < 4.78 is 5.49. The molecular formula is C13H18ClNO. The molecule has 1 aliphatic rings. The van der Waals surface area contributed by atoms with E-state index < -0.39 is 0 Å². The number of methoxy groups -OCH3 is 1. The van der Waals surface area contributed by atoms with E-state index in [0.29, 0.717) is 5.92 Å². The predicted octanol–water partition coefficient (Wildman–Crippen LogP) is 3.07. The van der Waals surface area contributed by atoms with E-state index in [0.717, 1.165) is 16.1 Å². The normalized spacial score (nSPS) is 19.5. The van der Waals surface area contributed by atoms with Crippen molar-refractivity contribution in [3.8, 4) is 0 Å². The van der Waals surface area contributed by atoms with Crippen molar-refractivity contribution in [2.45, 2.75) is 31.9 Å². The first-order valence-electron chi connectivity index (χ1n) is 5.68. The Morgan fingerprint density at radius 1 is 1.44 bits per heavy atom. The fraction of sp³-hybridized carbons (Fsp3) is 0.538. The average Bonchev–Trinajstić information content (AvgIpc) is 3.07. The van der Waals surface area contributed by atoms with Gasteiger partial charge in [0.15, 0.2) is 0 Å². The van der Waals surface area contributed by atoms with Crippen molar-refractivity contribution in [2.24, 2.45) is 11.7 Å². The molecule has 3 heteroatoms. The van der Waals surface area contributed by atoms with Gasteiger partial charge in [0.25, 0.3) is 0 Å². The molecule has 0 aromatic heterocycles. The molecular weight excluding hydrogens is 222 g/mol. The highest BCUT2D eigenvalue weighted by Crippen LogP contribution is 2.39. The molecule has 0 aliphatic heterocycles. The molecule has 2 nitrogen and oxygen atoms in total. The van der Waals surface area contributed by atoms with Crippen molar-refractivity contribution in [1.82, 2.24) is 0 Å². The molecule has 1 fully saturated rings. The largest absolute Gasteiger partial charge is 0.379 e. The Kier molecular flexibility index (Phi) is 3.53. The van der Waals surface area contributed by atoms with Crippen LogP contribution in [0.1, 0.15) is 30.0 Å². The molecule has 0 radical (unpaired) electrons. The molecule has 16 heavy (non-hydrogen) atoms. The van der Waals surface area contributed by atoms with Crippen LogP contribution in [0.15, 0.2) is 18.2 Å². The zero-order chi connectivity index (χ0) is 11.7. The van der Waals surface area contributed by atoms with E-state index in [1.54, 1.807) is 7.11 Å². The van der Waals surface area contributed by atoms with Gasteiger partial charge in [0.1, 0.15) is 0 Å². The van der Waals surface area contributed by atoms with E-state index in [1.807, 2.05) is 25.1 Å². The van der Waals surface area contributed by atoms with Crippen LogP contribution in [0.2, 0.25) is 5.02 Å². The van der Waals surface area contributed by atoms with E-state index in [2.05, 4.69) is 0 Å². The molecule has 0 saturated heterocycles. The van der Waals surface area contributed by atoms with E-state index in [9.17, 15) is 0 Å². The molecule has 2 N–H and O–H groups in total. The van der Waals surface area contributed by atoms with Gasteiger partial charge in [-0.05, 0) is 42.9 Å². The van der Waals surface area contributed by atoms with Crippen LogP contribution in [0.5, 0.6) is 0 Å². The number of benzene rings is 1. The lowest BCUT2D eigenvalue weighted by molar-refractivity contribution is 0.0624. The molecule has 1 aliphatic carbocycles. The van der Waals surface area contributed by atoms with Crippen molar-refractivity contribution in [2.75, 3.05) is 7.11 Å². The Morgan fingerprint density at radius 3 is 2.62 bits per heavy atom. The highest BCUT2D eigenvalue weighted by molar-refractivity contribution is 6.31. The summed E-state index contributed by atoms with van der Waals surface area (Å²) in [4.78, 5) is 0. The third kappa shape index (κ3) is 2.40. The van der Waals surface area contributed by atoms with Gasteiger partial charge in [-0.25, -0.2) is 0 Å². The standard InChI is InChI=1S/C13H18ClNO/c1-8-3-4-10(7-11(8)14)12(15)13(16-2)9-5-6-9/h3-4,7,9,12-13H,5-6,15H2,1-2H3. The molecule has 2 unspecified atom stereocenters. The predicted molar refractivity (Wildman–Crippen MR) is 66.6 cm³/mol. The van der Waals surface area contributed by atoms with Crippen LogP contribution in [-0.4, -0.2) is 13.2 Å². The molecule has 0 heterocycles. The topological polar surface area (TPSA) is 35.2 Å². The third-order valence-corrected chi connectivity index (χ3v) is 3.70. The molecule has 88 valence electrons. The van der Waals surface area contributed by atoms with Crippen LogP contribution in [-0.2, 0) is 4.74 Å². The number of halogens is 1. The summed E-state index contributed by atoms with van der Waals surface area (Å²) in [6.45, 7) is 1.99. The Hall–Kier alpha value is -0.570. The Balaban J connectivity index is 2.18. The first-order chi connectivity index (χ1) is 7.63. The average molecular weight is 240 g/mol. The Bertz CT molecular complexity index is 376. The van der Waals surface area contributed by atoms with Crippen LogP contribution in [0.3, 0.4) is 0 Å². The van der Waals surface area contributed by atoms with E-state index in [-0.39, 0.29) is 12.1 Å². The van der Waals surface area contributed by atoms with E-state index >= 15 is 0 Å². The SMILES string of the molecule is COC(C1CC1)C(N)c1ccc(C)c(Cl)c1. The highest BCUT2D eigenvalue weighted by atomic mass is 35.5. The molecule has 2 atom stereocenters. The number of rotatable bonds is 4. The maximum absolute atomic E-state index is 6.23. The van der Waals surface area contributed by atoms with Crippen LogP contribution < -0.4 is 5.73 Å². The maximum atomic E-state index is 6.23. The van der Waals surface area contributed by atoms with Gasteiger partial charge in [0, 0.05) is 12.1 Å². The minimum atomic E-state index is -0.0735. The van der Waals surface area contributed by atoms with Gasteiger partial charge in [0.2, 0.25) is 0 Å². The van der Waals surface area contributed by atoms with Crippen molar-refractivity contribution in [3.63, 3.8) is 0 Å². The smallest absolute Gasteiger partial charge is 0.0791 e. The summed E-state index contributed by atoms with van der Waals surface area (Å²) >= 11 is 6.10. The first-order valence-corrected chi connectivity index (χ1v) is 6.05. The van der Waals surface area contributed by atoms with Gasteiger partial charge in [0.05, 0.1) is 12.1 Å². The van der Waals surface area contributed by atoms with Crippen molar-refractivity contribution >= 4 is 11.6 Å². The second-order valence-electron chi connectivity index (χ2n) is 4.57. The van der Waals surface area contributed by atoms with Gasteiger partial charge in [-0.15, -0.1) is 0 Å². The summed E-state index contributed by atoms with van der Waals surface area (Å²) in [5, 5.41) is 0.776. The van der Waals surface area contributed by atoms with E-state index in [1.165, 1.54) is 12.8 Å². The first kappa shape index (κ1) is 11.9. The second kappa shape index (κ2) is 4.74. The zero-order valence-electron chi connectivity index (χ0n) is 9.74. The minimum Gasteiger partial charge on any atom is -0.379 e. The second-order valence-corrected chi connectivity index (χ2v) is 4.98. The number of nitrogens with two attached hydrogens (primary N) is 1. The highest BCUT2D eigenvalue weighted by Gasteiger charge is 2.35. The van der Waals surface area contributed by atoms with Crippen molar-refractivity contribution < 1.29 is 4.74 Å². The van der Waals surface area contributed by atoms with Crippen LogP contribution in [0.4, 0.5) is 0 Å². The van der Waals surface area contributed by atoms with Crippen molar-refractivity contribution in [3.05, 3.63) is 34.3 Å². The molecule has 1 aromatic carbocycles. The number of aryl methyl sites for hydroxylation is 1. The van der Waals surface area contributed by atoms with Crippen molar-refractivity contribution in [1.29, 1.82) is 0 Å². The Morgan fingerprint density at radius 2 is 2.12 bits per heavy atom. The number of ether oxygens (including phenoxy) is 1. The number of hydrogen-bond acceptors (Lipinski definition) is 2. The van der Waals surface area contributed by atoms with Gasteiger partial charge >= 0.3 is 0 Å². The summed E-state index contributed by atoms with van der Waals surface area (Å²) in [6, 6.07) is 5.93. The van der Waals surface area contributed by atoms with Gasteiger partial charge < -0.3 is 10.5 Å². The molecule has 0 amide bonds. The summed E-state index contributed by atoms with van der Waals surface area (Å²) in [5.41, 5.74) is 8.37. The molecule has 0 bridgehead atoms. The lowest BCUT2D eigenvalue weighted by Crippen LogP contribution is -2.29. The van der Waals surface area contributed by atoms with Crippen LogP contribution in [0.25, 0.3) is 0 Å². The minimum absolute atomic E-state index is 0.0735. The van der Waals surface area contributed by atoms with Gasteiger partial charge in [-0.2, -0.15) is 0 Å². The van der Waals surface area contributed by atoms with Gasteiger partial charge in [-0.3, -0.25) is 0 Å².